The molecule has 0 aliphatic rings. The Morgan fingerprint density at radius 2 is 1.35 bits per heavy atom. The van der Waals surface area contributed by atoms with Crippen LogP contribution < -0.4 is 0 Å². The van der Waals surface area contributed by atoms with Gasteiger partial charge in [0.15, 0.2) is 0 Å². The lowest BCUT2D eigenvalue weighted by Gasteiger charge is -2.16. The van der Waals surface area contributed by atoms with E-state index in [-0.39, 0.29) is 0 Å². The number of hydrogen-bond acceptors (Lipinski definition) is 0. The first-order valence-electron chi connectivity index (χ1n) is 8.81. The number of unbranched alkanes of at least 4 members (excludes halogenated alkanes) is 4. The highest BCUT2D eigenvalue weighted by Gasteiger charge is 2.08. The highest BCUT2D eigenvalue weighted by molar-refractivity contribution is 5.13. The summed E-state index contributed by atoms with van der Waals surface area (Å²) < 4.78 is 0. The van der Waals surface area contributed by atoms with Crippen molar-refractivity contribution in [2.75, 3.05) is 0 Å². The molecule has 0 fully saturated rings. The monoisotopic (exact) mass is 273 g/mol. The van der Waals surface area contributed by atoms with Crippen LogP contribution in [0.5, 0.6) is 0 Å². The third-order valence-electron chi connectivity index (χ3n) is 4.30. The third-order valence-corrected chi connectivity index (χ3v) is 4.30. The van der Waals surface area contributed by atoms with Crippen molar-refractivity contribution in [3.8, 4) is 0 Å². The van der Waals surface area contributed by atoms with Crippen molar-refractivity contribution in [3.05, 3.63) is 35.9 Å². The van der Waals surface area contributed by atoms with E-state index in [1.807, 2.05) is 12.1 Å². The second kappa shape index (κ2) is 12.0. The van der Waals surface area contributed by atoms with Gasteiger partial charge < -0.3 is 0 Å². The highest BCUT2D eigenvalue weighted by atomic mass is 14.1. The van der Waals surface area contributed by atoms with Crippen molar-refractivity contribution in [2.45, 2.75) is 84.5 Å². The van der Waals surface area contributed by atoms with E-state index in [0.29, 0.717) is 0 Å². The van der Waals surface area contributed by atoms with Crippen LogP contribution in [-0.4, -0.2) is 0 Å². The molecule has 20 heavy (non-hydrogen) atoms. The maximum atomic E-state index is 3.10. The molecule has 0 saturated carbocycles. The number of hydrogen-bond donors (Lipinski definition) is 0. The normalized spacial score (nSPS) is 11.2. The molecule has 0 aromatic heterocycles. The van der Waals surface area contributed by atoms with Crippen LogP contribution in [0.2, 0.25) is 0 Å². The Bertz CT molecular complexity index is 291. The molecule has 0 saturated heterocycles. The number of aryl methyl sites for hydroxylation is 1. The first-order chi connectivity index (χ1) is 9.86. The molecule has 0 aliphatic carbocycles. The lowest BCUT2D eigenvalue weighted by atomic mass is 9.90. The predicted molar refractivity (Wildman–Crippen MR) is 90.0 cm³/mol. The van der Waals surface area contributed by atoms with E-state index in [9.17, 15) is 0 Å². The quantitative estimate of drug-likeness (QED) is 0.377. The van der Waals surface area contributed by atoms with E-state index in [4.69, 9.17) is 0 Å². The number of benzene rings is 1. The van der Waals surface area contributed by atoms with Crippen LogP contribution in [-0.2, 0) is 6.42 Å². The molecule has 1 aromatic rings. The SMILES string of the molecule is CCCCCC(CCCCC)CCCc1cc[c]cc1. The van der Waals surface area contributed by atoms with Crippen LogP contribution in [0.25, 0.3) is 0 Å². The van der Waals surface area contributed by atoms with E-state index in [2.05, 4.69) is 32.0 Å². The summed E-state index contributed by atoms with van der Waals surface area (Å²) in [5.74, 6) is 0.975. The van der Waals surface area contributed by atoms with Crippen LogP contribution in [0.3, 0.4) is 0 Å². The average molecular weight is 273 g/mol. The Labute approximate surface area is 127 Å². The zero-order valence-electron chi connectivity index (χ0n) is 13.7. The first kappa shape index (κ1) is 17.3. The fourth-order valence-electron chi connectivity index (χ4n) is 2.98. The van der Waals surface area contributed by atoms with Crippen molar-refractivity contribution in [2.24, 2.45) is 5.92 Å². The molecule has 1 rings (SSSR count). The lowest BCUT2D eigenvalue weighted by Crippen LogP contribution is -2.02. The highest BCUT2D eigenvalue weighted by Crippen LogP contribution is 2.23. The fourth-order valence-corrected chi connectivity index (χ4v) is 2.98. The minimum Gasteiger partial charge on any atom is -0.0654 e. The van der Waals surface area contributed by atoms with Crippen LogP contribution in [0.1, 0.15) is 83.6 Å². The molecular formula is C20H33. The fraction of sp³-hybridized carbons (Fsp3) is 0.700. The molecule has 0 N–H and O–H groups in total. The Morgan fingerprint density at radius 1 is 0.800 bits per heavy atom. The molecule has 1 aromatic carbocycles. The Kier molecular flexibility index (Phi) is 10.4. The molecular weight excluding hydrogens is 240 g/mol. The molecule has 0 amide bonds. The van der Waals surface area contributed by atoms with E-state index in [1.54, 1.807) is 0 Å². The zero-order chi connectivity index (χ0) is 14.5. The predicted octanol–water partition coefficient (Wildman–Crippen LogP) is 6.59. The first-order valence-corrected chi connectivity index (χ1v) is 8.81. The Hall–Kier alpha value is -0.780. The van der Waals surface area contributed by atoms with Gasteiger partial charge in [-0.1, -0.05) is 95.9 Å². The smallest absolute Gasteiger partial charge is 0.0184 e. The van der Waals surface area contributed by atoms with Gasteiger partial charge in [0.05, 0.1) is 0 Å². The standard InChI is InChI=1S/C20H33/c1-3-5-8-13-19(14-9-6-4-2)17-12-18-20-15-10-7-11-16-20/h10-11,15-16,19H,3-6,8-9,12-14,17-18H2,1-2H3. The lowest BCUT2D eigenvalue weighted by molar-refractivity contribution is 0.377. The summed E-state index contributed by atoms with van der Waals surface area (Å²) in [7, 11) is 0. The van der Waals surface area contributed by atoms with Gasteiger partial charge in [0.2, 0.25) is 0 Å². The molecule has 1 radical (unpaired) electrons. The van der Waals surface area contributed by atoms with Gasteiger partial charge >= 0.3 is 0 Å². The topological polar surface area (TPSA) is 0 Å². The molecule has 113 valence electrons. The van der Waals surface area contributed by atoms with Crippen molar-refractivity contribution < 1.29 is 0 Å². The van der Waals surface area contributed by atoms with E-state index in [0.717, 1.165) is 5.92 Å². The Morgan fingerprint density at radius 3 is 1.90 bits per heavy atom. The second-order valence-electron chi connectivity index (χ2n) is 6.16. The molecule has 0 bridgehead atoms. The molecule has 0 nitrogen and oxygen atoms in total. The van der Waals surface area contributed by atoms with E-state index < -0.39 is 0 Å². The van der Waals surface area contributed by atoms with Gasteiger partial charge in [-0.2, -0.15) is 0 Å². The molecule has 0 heteroatoms. The van der Waals surface area contributed by atoms with E-state index >= 15 is 0 Å². The van der Waals surface area contributed by atoms with Crippen molar-refractivity contribution in [1.29, 1.82) is 0 Å². The molecule has 0 spiro atoms. The minimum absolute atomic E-state index is 0.975. The second-order valence-corrected chi connectivity index (χ2v) is 6.16. The van der Waals surface area contributed by atoms with Crippen molar-refractivity contribution in [3.63, 3.8) is 0 Å². The summed E-state index contributed by atoms with van der Waals surface area (Å²) in [6.07, 6.45) is 15.3. The maximum Gasteiger partial charge on any atom is -0.0184 e. The van der Waals surface area contributed by atoms with Gasteiger partial charge in [-0.25, -0.2) is 0 Å². The van der Waals surface area contributed by atoms with Gasteiger partial charge in [0.25, 0.3) is 0 Å². The number of rotatable bonds is 12. The maximum absolute atomic E-state index is 3.10. The molecule has 0 aliphatic heterocycles. The zero-order valence-corrected chi connectivity index (χ0v) is 13.7. The molecule has 0 unspecified atom stereocenters. The van der Waals surface area contributed by atoms with Crippen LogP contribution in [0, 0.1) is 12.0 Å². The summed E-state index contributed by atoms with van der Waals surface area (Å²) in [6, 6.07) is 11.6. The summed E-state index contributed by atoms with van der Waals surface area (Å²) >= 11 is 0. The van der Waals surface area contributed by atoms with Gasteiger partial charge in [-0.3, -0.25) is 0 Å². The van der Waals surface area contributed by atoms with Crippen LogP contribution in [0.15, 0.2) is 24.3 Å². The minimum atomic E-state index is 0.975. The van der Waals surface area contributed by atoms with Crippen molar-refractivity contribution >= 4 is 0 Å². The average Bonchev–Trinajstić information content (AvgIpc) is 2.48. The summed E-state index contributed by atoms with van der Waals surface area (Å²) in [6.45, 7) is 4.61. The molecule has 0 atom stereocenters. The Balaban J connectivity index is 2.23. The van der Waals surface area contributed by atoms with Crippen LogP contribution in [0.4, 0.5) is 0 Å². The van der Waals surface area contributed by atoms with Gasteiger partial charge in [-0.05, 0) is 30.4 Å². The summed E-state index contributed by atoms with van der Waals surface area (Å²) in [5.41, 5.74) is 1.48. The van der Waals surface area contributed by atoms with Gasteiger partial charge in [0.1, 0.15) is 0 Å². The van der Waals surface area contributed by atoms with Gasteiger partial charge in [-0.15, -0.1) is 0 Å². The third kappa shape index (κ3) is 8.40. The largest absolute Gasteiger partial charge is 0.0654 e. The van der Waals surface area contributed by atoms with Crippen molar-refractivity contribution in [1.82, 2.24) is 0 Å². The summed E-state index contributed by atoms with van der Waals surface area (Å²) in [4.78, 5) is 0. The van der Waals surface area contributed by atoms with Gasteiger partial charge in [0, 0.05) is 0 Å². The van der Waals surface area contributed by atoms with Crippen LogP contribution >= 0.6 is 0 Å². The summed E-state index contributed by atoms with van der Waals surface area (Å²) in [5, 5.41) is 0. The molecule has 0 heterocycles. The van der Waals surface area contributed by atoms with E-state index in [1.165, 1.54) is 76.2 Å².